The second kappa shape index (κ2) is 9.47. The summed E-state index contributed by atoms with van der Waals surface area (Å²) in [6, 6.07) is 8.50. The van der Waals surface area contributed by atoms with Gasteiger partial charge in [0.15, 0.2) is 0 Å². The van der Waals surface area contributed by atoms with Crippen LogP contribution in [0.2, 0.25) is 0 Å². The lowest BCUT2D eigenvalue weighted by Gasteiger charge is -2.30. The van der Waals surface area contributed by atoms with Crippen LogP contribution in [0.15, 0.2) is 36.4 Å². The molecule has 0 heterocycles. The van der Waals surface area contributed by atoms with E-state index in [1.807, 2.05) is 39.0 Å². The number of nitro benzene ring substituents is 1. The first-order valence-electron chi connectivity index (χ1n) is 9.98. The molecule has 0 radical (unpaired) electrons. The Kier molecular flexibility index (Phi) is 7.43. The Balaban J connectivity index is 2.40. The van der Waals surface area contributed by atoms with Crippen LogP contribution in [-0.2, 0) is 14.8 Å². The lowest BCUT2D eigenvalue weighted by Crippen LogP contribution is -2.48. The van der Waals surface area contributed by atoms with Crippen molar-refractivity contribution in [1.82, 2.24) is 5.32 Å². The number of non-ortho nitro benzene ring substituents is 1. The fraction of sp³-hybridized carbons (Fsp3) is 0.409. The number of rotatable bonds is 8. The summed E-state index contributed by atoms with van der Waals surface area (Å²) >= 11 is 0. The van der Waals surface area contributed by atoms with Crippen molar-refractivity contribution in [2.75, 3.05) is 10.6 Å². The molecule has 0 bridgehead atoms. The van der Waals surface area contributed by atoms with Crippen molar-refractivity contribution in [2.24, 2.45) is 0 Å². The molecule has 2 atom stereocenters. The highest BCUT2D eigenvalue weighted by molar-refractivity contribution is 7.92. The van der Waals surface area contributed by atoms with Crippen molar-refractivity contribution in [3.8, 4) is 0 Å². The van der Waals surface area contributed by atoms with Crippen LogP contribution in [0.3, 0.4) is 0 Å². The topological polar surface area (TPSA) is 110 Å². The molecule has 2 rings (SSSR count). The molecule has 0 fully saturated rings. The van der Waals surface area contributed by atoms with Crippen LogP contribution in [0, 0.1) is 30.9 Å². The molecule has 2 aromatic carbocycles. The molecule has 0 spiro atoms. The summed E-state index contributed by atoms with van der Waals surface area (Å²) in [7, 11) is -3.90. The fourth-order valence-corrected chi connectivity index (χ4v) is 4.65. The minimum absolute atomic E-state index is 0.110. The largest absolute Gasteiger partial charge is 0.347 e. The van der Waals surface area contributed by atoms with Crippen molar-refractivity contribution in [2.45, 2.75) is 53.1 Å². The maximum atomic E-state index is 13.1. The minimum atomic E-state index is -3.90. The van der Waals surface area contributed by atoms with Gasteiger partial charge in [0.2, 0.25) is 15.9 Å². The Morgan fingerprint density at radius 2 is 1.71 bits per heavy atom. The number of benzene rings is 2. The SMILES string of the molecule is CC[C@@H](NC(=O)[C@H](C)N(c1cc([N+](=O)[O-])ccc1C)S(C)(=O)=O)c1ccc(C)c(C)c1. The zero-order chi connectivity index (χ0) is 23.5. The summed E-state index contributed by atoms with van der Waals surface area (Å²) in [6.07, 6.45) is 1.60. The number of hydrogen-bond donors (Lipinski definition) is 1. The predicted molar refractivity (Wildman–Crippen MR) is 122 cm³/mol. The molecular weight excluding hydrogens is 418 g/mol. The van der Waals surface area contributed by atoms with Crippen LogP contribution in [0.25, 0.3) is 0 Å². The second-order valence-electron chi connectivity index (χ2n) is 7.78. The fourth-order valence-electron chi connectivity index (χ4n) is 3.42. The van der Waals surface area contributed by atoms with Crippen molar-refractivity contribution in [3.63, 3.8) is 0 Å². The van der Waals surface area contributed by atoms with Crippen LogP contribution >= 0.6 is 0 Å². The van der Waals surface area contributed by atoms with Crippen LogP contribution in [-0.4, -0.2) is 31.5 Å². The molecule has 9 heteroatoms. The van der Waals surface area contributed by atoms with Crippen molar-refractivity contribution >= 4 is 27.3 Å². The number of amides is 1. The highest BCUT2D eigenvalue weighted by atomic mass is 32.2. The third-order valence-electron chi connectivity index (χ3n) is 5.39. The lowest BCUT2D eigenvalue weighted by molar-refractivity contribution is -0.384. The van der Waals surface area contributed by atoms with Crippen molar-refractivity contribution < 1.29 is 18.1 Å². The molecule has 0 aliphatic heterocycles. The Hall–Kier alpha value is -2.94. The Morgan fingerprint density at radius 1 is 1.10 bits per heavy atom. The van der Waals surface area contributed by atoms with E-state index < -0.39 is 26.9 Å². The smallest absolute Gasteiger partial charge is 0.271 e. The van der Waals surface area contributed by atoms with E-state index in [1.54, 1.807) is 6.92 Å². The molecule has 0 aromatic heterocycles. The molecule has 168 valence electrons. The first kappa shape index (κ1) is 24.3. The van der Waals surface area contributed by atoms with E-state index in [9.17, 15) is 23.3 Å². The maximum Gasteiger partial charge on any atom is 0.271 e. The quantitative estimate of drug-likeness (QED) is 0.487. The summed E-state index contributed by atoms with van der Waals surface area (Å²) in [5.41, 5.74) is 3.55. The van der Waals surface area contributed by atoms with Gasteiger partial charge in [-0.3, -0.25) is 19.2 Å². The van der Waals surface area contributed by atoms with Gasteiger partial charge in [-0.05, 0) is 56.4 Å². The van der Waals surface area contributed by atoms with E-state index in [0.29, 0.717) is 12.0 Å². The number of carbonyl (C=O) groups is 1. The summed E-state index contributed by atoms with van der Waals surface area (Å²) in [4.78, 5) is 23.7. The van der Waals surface area contributed by atoms with E-state index in [2.05, 4.69) is 5.32 Å². The van der Waals surface area contributed by atoms with Crippen LogP contribution in [0.4, 0.5) is 11.4 Å². The van der Waals surface area contributed by atoms with Crippen molar-refractivity contribution in [1.29, 1.82) is 0 Å². The normalized spacial score (nSPS) is 13.4. The summed E-state index contributed by atoms with van der Waals surface area (Å²) in [6.45, 7) is 9.05. The van der Waals surface area contributed by atoms with Crippen LogP contribution in [0.5, 0.6) is 0 Å². The number of nitrogens with zero attached hydrogens (tertiary/aromatic N) is 2. The van der Waals surface area contributed by atoms with Crippen LogP contribution in [0.1, 0.15) is 48.6 Å². The number of anilines is 1. The predicted octanol–water partition coefficient (Wildman–Crippen LogP) is 3.94. The third-order valence-corrected chi connectivity index (χ3v) is 6.62. The van der Waals surface area contributed by atoms with Gasteiger partial charge < -0.3 is 5.32 Å². The maximum absolute atomic E-state index is 13.1. The molecule has 1 amide bonds. The number of nitro groups is 1. The van der Waals surface area contributed by atoms with Gasteiger partial charge in [-0.25, -0.2) is 8.42 Å². The molecule has 0 saturated carbocycles. The molecule has 1 N–H and O–H groups in total. The number of nitrogens with one attached hydrogen (secondary N) is 1. The summed E-state index contributed by atoms with van der Waals surface area (Å²) in [5.74, 6) is -0.485. The van der Waals surface area contributed by atoms with E-state index in [4.69, 9.17) is 0 Å². The van der Waals surface area contributed by atoms with E-state index >= 15 is 0 Å². The number of aryl methyl sites for hydroxylation is 3. The number of sulfonamides is 1. The van der Waals surface area contributed by atoms with Gasteiger partial charge in [-0.1, -0.05) is 31.2 Å². The van der Waals surface area contributed by atoms with Gasteiger partial charge in [0, 0.05) is 12.1 Å². The van der Waals surface area contributed by atoms with Gasteiger partial charge in [0.05, 0.1) is 22.9 Å². The summed E-state index contributed by atoms with van der Waals surface area (Å²) < 4.78 is 26.1. The molecule has 8 nitrogen and oxygen atoms in total. The van der Waals surface area contributed by atoms with E-state index in [0.717, 1.165) is 27.3 Å². The van der Waals surface area contributed by atoms with Gasteiger partial charge in [-0.2, -0.15) is 0 Å². The molecule has 31 heavy (non-hydrogen) atoms. The van der Waals surface area contributed by atoms with Gasteiger partial charge in [-0.15, -0.1) is 0 Å². The highest BCUT2D eigenvalue weighted by Crippen LogP contribution is 2.30. The first-order chi connectivity index (χ1) is 14.4. The van der Waals surface area contributed by atoms with E-state index in [-0.39, 0.29) is 17.4 Å². The Morgan fingerprint density at radius 3 is 2.23 bits per heavy atom. The molecule has 0 aliphatic carbocycles. The molecule has 0 unspecified atom stereocenters. The zero-order valence-electron chi connectivity index (χ0n) is 18.7. The Labute approximate surface area is 183 Å². The second-order valence-corrected chi connectivity index (χ2v) is 9.64. The van der Waals surface area contributed by atoms with E-state index in [1.165, 1.54) is 25.1 Å². The molecular formula is C22H29N3O5S. The lowest BCUT2D eigenvalue weighted by atomic mass is 9.99. The monoisotopic (exact) mass is 447 g/mol. The zero-order valence-corrected chi connectivity index (χ0v) is 19.5. The van der Waals surface area contributed by atoms with Gasteiger partial charge in [0.1, 0.15) is 6.04 Å². The highest BCUT2D eigenvalue weighted by Gasteiger charge is 2.32. The minimum Gasteiger partial charge on any atom is -0.347 e. The molecule has 0 saturated heterocycles. The third kappa shape index (κ3) is 5.61. The van der Waals surface area contributed by atoms with Crippen LogP contribution < -0.4 is 9.62 Å². The first-order valence-corrected chi connectivity index (χ1v) is 11.8. The average Bonchev–Trinajstić information content (AvgIpc) is 2.68. The number of hydrogen-bond acceptors (Lipinski definition) is 5. The molecule has 2 aromatic rings. The standard InChI is InChI=1S/C22H29N3O5S/c1-7-20(18-10-8-14(2)16(4)12-18)23-22(26)17(5)24(31(6,29)30)21-13-19(25(27)28)11-9-15(21)3/h8-13,17,20H,7H2,1-6H3,(H,23,26)/t17-,20+/m0/s1. The van der Waals surface area contributed by atoms with Gasteiger partial charge in [0.25, 0.3) is 5.69 Å². The number of carbonyl (C=O) groups excluding carboxylic acids is 1. The summed E-state index contributed by atoms with van der Waals surface area (Å²) in [5, 5.41) is 14.1. The molecule has 0 aliphatic rings. The Bertz CT molecular complexity index is 1100. The van der Waals surface area contributed by atoms with Gasteiger partial charge >= 0.3 is 0 Å². The average molecular weight is 448 g/mol. The van der Waals surface area contributed by atoms with Crippen molar-refractivity contribution in [3.05, 3.63) is 68.8 Å².